The second kappa shape index (κ2) is 6.79. The zero-order valence-electron chi connectivity index (χ0n) is 14.2. The molecular weight excluding hydrogens is 342 g/mol. The molecule has 0 bridgehead atoms. The number of aryl methyl sites for hydroxylation is 1. The van der Waals surface area contributed by atoms with E-state index in [0.29, 0.717) is 24.5 Å². The Morgan fingerprint density at radius 3 is 2.64 bits per heavy atom. The molecule has 8 heteroatoms. The third-order valence-electron chi connectivity index (χ3n) is 4.19. The van der Waals surface area contributed by atoms with Gasteiger partial charge in [0.05, 0.1) is 12.8 Å². The summed E-state index contributed by atoms with van der Waals surface area (Å²) in [5.74, 6) is 0.263. The van der Waals surface area contributed by atoms with Crippen LogP contribution in [0, 0.1) is 6.92 Å². The highest BCUT2D eigenvalue weighted by Gasteiger charge is 2.24. The van der Waals surface area contributed by atoms with E-state index < -0.39 is 10.0 Å². The van der Waals surface area contributed by atoms with Gasteiger partial charge in [0.2, 0.25) is 0 Å². The fraction of sp³-hybridized carbons (Fsp3) is 0.353. The Bertz CT molecular complexity index is 883. The van der Waals surface area contributed by atoms with Crippen molar-refractivity contribution in [3.05, 3.63) is 41.7 Å². The van der Waals surface area contributed by atoms with Crippen LogP contribution in [0.4, 0.5) is 5.69 Å². The van der Waals surface area contributed by atoms with Gasteiger partial charge in [-0.1, -0.05) is 6.07 Å². The van der Waals surface area contributed by atoms with Crippen LogP contribution < -0.4 is 9.46 Å². The normalized spacial score (nSPS) is 14.6. The molecule has 7 nitrogen and oxygen atoms in total. The molecule has 2 aromatic rings. The Labute approximate surface area is 147 Å². The van der Waals surface area contributed by atoms with Crippen molar-refractivity contribution >= 4 is 21.6 Å². The number of nitrogens with zero attached hydrogens (tertiary/aromatic N) is 1. The molecule has 1 fully saturated rings. The molecule has 1 aromatic carbocycles. The van der Waals surface area contributed by atoms with Gasteiger partial charge in [0.1, 0.15) is 16.3 Å². The largest absolute Gasteiger partial charge is 0.495 e. The lowest BCUT2D eigenvalue weighted by atomic mass is 10.2. The number of hydrogen-bond acceptors (Lipinski definition) is 4. The van der Waals surface area contributed by atoms with Gasteiger partial charge < -0.3 is 14.6 Å². The summed E-state index contributed by atoms with van der Waals surface area (Å²) in [5.41, 5.74) is 1.58. The van der Waals surface area contributed by atoms with Gasteiger partial charge in [0.25, 0.3) is 15.9 Å². The summed E-state index contributed by atoms with van der Waals surface area (Å²) in [7, 11) is -2.35. The van der Waals surface area contributed by atoms with E-state index in [1.54, 1.807) is 23.1 Å². The van der Waals surface area contributed by atoms with Gasteiger partial charge in [-0.3, -0.25) is 9.52 Å². The number of carbonyl (C=O) groups excluding carboxylic acids is 1. The van der Waals surface area contributed by atoms with Gasteiger partial charge in [-0.05, 0) is 43.5 Å². The van der Waals surface area contributed by atoms with Crippen molar-refractivity contribution in [2.24, 2.45) is 0 Å². The van der Waals surface area contributed by atoms with Crippen molar-refractivity contribution in [2.45, 2.75) is 24.7 Å². The second-order valence-electron chi connectivity index (χ2n) is 6.06. The van der Waals surface area contributed by atoms with E-state index in [1.165, 1.54) is 19.4 Å². The maximum atomic E-state index is 12.6. The summed E-state index contributed by atoms with van der Waals surface area (Å²) >= 11 is 0. The van der Waals surface area contributed by atoms with Crippen molar-refractivity contribution in [1.82, 2.24) is 9.88 Å². The van der Waals surface area contributed by atoms with Crippen molar-refractivity contribution < 1.29 is 17.9 Å². The number of carbonyl (C=O) groups is 1. The molecule has 134 valence electrons. The first kappa shape index (κ1) is 17.3. The predicted molar refractivity (Wildman–Crippen MR) is 94.5 cm³/mol. The molecule has 1 aliphatic rings. The number of aromatic amines is 1. The highest BCUT2D eigenvalue weighted by atomic mass is 32.2. The molecular formula is C17H21N3O4S. The number of aromatic nitrogens is 1. The fourth-order valence-corrected chi connectivity index (χ4v) is 3.89. The minimum Gasteiger partial charge on any atom is -0.495 e. The van der Waals surface area contributed by atoms with E-state index in [1.807, 2.05) is 6.92 Å². The summed E-state index contributed by atoms with van der Waals surface area (Å²) in [6.45, 7) is 3.31. The fourth-order valence-electron chi connectivity index (χ4n) is 2.83. The minimum absolute atomic E-state index is 0.0117. The van der Waals surface area contributed by atoms with Crippen LogP contribution in [-0.4, -0.2) is 44.4 Å². The van der Waals surface area contributed by atoms with Gasteiger partial charge in [0.15, 0.2) is 0 Å². The molecule has 1 aliphatic heterocycles. The molecule has 0 saturated carbocycles. The summed E-state index contributed by atoms with van der Waals surface area (Å²) in [4.78, 5) is 16.8. The number of benzene rings is 1. The van der Waals surface area contributed by atoms with E-state index in [0.717, 1.165) is 18.4 Å². The molecule has 25 heavy (non-hydrogen) atoms. The molecule has 2 N–H and O–H groups in total. The molecule has 1 saturated heterocycles. The average Bonchev–Trinajstić information content (AvgIpc) is 3.27. The number of nitrogens with one attached hydrogen (secondary N) is 2. The topological polar surface area (TPSA) is 91.5 Å². The van der Waals surface area contributed by atoms with Gasteiger partial charge >= 0.3 is 0 Å². The first-order valence-electron chi connectivity index (χ1n) is 8.06. The Morgan fingerprint density at radius 1 is 1.24 bits per heavy atom. The third-order valence-corrected chi connectivity index (χ3v) is 5.54. The summed E-state index contributed by atoms with van der Waals surface area (Å²) in [5, 5.41) is 0. The van der Waals surface area contributed by atoms with E-state index in [4.69, 9.17) is 4.74 Å². The summed E-state index contributed by atoms with van der Waals surface area (Å²) in [6.07, 6.45) is 3.28. The molecule has 3 rings (SSSR count). The maximum Gasteiger partial charge on any atom is 0.270 e. The molecule has 1 aromatic heterocycles. The number of methoxy groups -OCH3 is 1. The lowest BCUT2D eigenvalue weighted by molar-refractivity contribution is 0.0787. The van der Waals surface area contributed by atoms with Crippen molar-refractivity contribution in [3.8, 4) is 5.75 Å². The van der Waals surface area contributed by atoms with Crippen LogP contribution in [0.25, 0.3) is 0 Å². The van der Waals surface area contributed by atoms with Gasteiger partial charge in [0, 0.05) is 19.3 Å². The Hall–Kier alpha value is -2.48. The zero-order valence-corrected chi connectivity index (χ0v) is 15.0. The predicted octanol–water partition coefficient (Wildman–Crippen LogP) is 2.37. The van der Waals surface area contributed by atoms with E-state index >= 15 is 0 Å². The van der Waals surface area contributed by atoms with Crippen LogP contribution >= 0.6 is 0 Å². The van der Waals surface area contributed by atoms with Gasteiger partial charge in [-0.25, -0.2) is 8.42 Å². The van der Waals surface area contributed by atoms with Crippen LogP contribution in [0.1, 0.15) is 28.9 Å². The third kappa shape index (κ3) is 3.63. The Morgan fingerprint density at radius 2 is 1.96 bits per heavy atom. The monoisotopic (exact) mass is 363 g/mol. The highest BCUT2D eigenvalue weighted by molar-refractivity contribution is 7.92. The smallest absolute Gasteiger partial charge is 0.270 e. The van der Waals surface area contributed by atoms with Crippen molar-refractivity contribution in [1.29, 1.82) is 0 Å². The number of anilines is 1. The van der Waals surface area contributed by atoms with Crippen molar-refractivity contribution in [3.63, 3.8) is 0 Å². The number of hydrogen-bond donors (Lipinski definition) is 2. The van der Waals surface area contributed by atoms with Crippen LogP contribution in [0.5, 0.6) is 5.75 Å². The van der Waals surface area contributed by atoms with E-state index in [-0.39, 0.29) is 16.5 Å². The summed E-state index contributed by atoms with van der Waals surface area (Å²) in [6, 6.07) is 6.55. The van der Waals surface area contributed by atoms with E-state index in [2.05, 4.69) is 9.71 Å². The molecule has 0 atom stereocenters. The molecule has 0 aliphatic carbocycles. The number of sulfonamides is 1. The minimum atomic E-state index is -3.83. The molecule has 0 spiro atoms. The van der Waals surface area contributed by atoms with Crippen LogP contribution in [-0.2, 0) is 10.0 Å². The number of rotatable bonds is 5. The Balaban J connectivity index is 1.82. The lowest BCUT2D eigenvalue weighted by Crippen LogP contribution is -2.27. The number of likely N-dealkylation sites (tertiary alicyclic amines) is 1. The molecule has 0 unspecified atom stereocenters. The van der Waals surface area contributed by atoms with Gasteiger partial charge in [-0.15, -0.1) is 0 Å². The molecule has 0 radical (unpaired) electrons. The average molecular weight is 363 g/mol. The van der Waals surface area contributed by atoms with Crippen LogP contribution in [0.3, 0.4) is 0 Å². The quantitative estimate of drug-likeness (QED) is 0.853. The molecule has 1 amide bonds. The highest BCUT2D eigenvalue weighted by Crippen LogP contribution is 2.28. The maximum absolute atomic E-state index is 12.6. The second-order valence-corrected chi connectivity index (χ2v) is 7.74. The SMILES string of the molecule is COc1cc(C)ccc1NS(=O)(=O)c1c[nH]c(C(=O)N2CCCC2)c1. The number of amides is 1. The Kier molecular flexibility index (Phi) is 4.71. The summed E-state index contributed by atoms with van der Waals surface area (Å²) < 4.78 is 32.9. The van der Waals surface area contributed by atoms with Crippen LogP contribution in [0.2, 0.25) is 0 Å². The zero-order chi connectivity index (χ0) is 18.0. The number of H-pyrrole nitrogens is 1. The molecule has 2 heterocycles. The van der Waals surface area contributed by atoms with Crippen molar-refractivity contribution in [2.75, 3.05) is 24.9 Å². The van der Waals surface area contributed by atoms with E-state index in [9.17, 15) is 13.2 Å². The standard InChI is InChI=1S/C17H21N3O4S/c1-12-5-6-14(16(9-12)24-2)19-25(22,23)13-10-15(18-11-13)17(21)20-7-3-4-8-20/h5-6,9-11,18-19H,3-4,7-8H2,1-2H3. The van der Waals surface area contributed by atoms with Crippen LogP contribution in [0.15, 0.2) is 35.4 Å². The number of ether oxygens (including phenoxy) is 1. The lowest BCUT2D eigenvalue weighted by Gasteiger charge is -2.13. The first-order chi connectivity index (χ1) is 11.9. The first-order valence-corrected chi connectivity index (χ1v) is 9.54. The van der Waals surface area contributed by atoms with Gasteiger partial charge in [-0.2, -0.15) is 0 Å².